The number of benzene rings is 1. The van der Waals surface area contributed by atoms with Gasteiger partial charge in [-0.15, -0.1) is 0 Å². The number of aromatic nitrogens is 1. The van der Waals surface area contributed by atoms with Crippen LogP contribution in [-0.4, -0.2) is 18.1 Å². The highest BCUT2D eigenvalue weighted by atomic mass is 14.9. The van der Waals surface area contributed by atoms with Crippen molar-refractivity contribution in [3.8, 4) is 0 Å². The smallest absolute Gasteiger partial charge is 0.0704 e. The summed E-state index contributed by atoms with van der Waals surface area (Å²) < 4.78 is 0. The molecule has 17 heavy (non-hydrogen) atoms. The maximum atomic E-state index is 4.44. The van der Waals surface area contributed by atoms with Crippen LogP contribution in [0, 0.1) is 0 Å². The SMILES string of the molecule is CNC1CCCC1c1ccc2cccnc2c1. The van der Waals surface area contributed by atoms with E-state index in [2.05, 4.69) is 41.6 Å². The molecule has 2 heteroatoms. The van der Waals surface area contributed by atoms with Gasteiger partial charge in [-0.25, -0.2) is 0 Å². The number of hydrogen-bond donors (Lipinski definition) is 1. The lowest BCUT2D eigenvalue weighted by molar-refractivity contribution is 0.522. The summed E-state index contributed by atoms with van der Waals surface area (Å²) in [7, 11) is 2.07. The van der Waals surface area contributed by atoms with Gasteiger partial charge in [0, 0.05) is 17.6 Å². The third-order valence-corrected chi connectivity index (χ3v) is 3.94. The summed E-state index contributed by atoms with van der Waals surface area (Å²) in [6.45, 7) is 0. The maximum Gasteiger partial charge on any atom is 0.0704 e. The molecule has 0 spiro atoms. The number of nitrogens with zero attached hydrogens (tertiary/aromatic N) is 1. The van der Waals surface area contributed by atoms with E-state index < -0.39 is 0 Å². The third-order valence-electron chi connectivity index (χ3n) is 3.94. The molecular weight excluding hydrogens is 208 g/mol. The van der Waals surface area contributed by atoms with Gasteiger partial charge in [-0.2, -0.15) is 0 Å². The van der Waals surface area contributed by atoms with E-state index in [0.29, 0.717) is 12.0 Å². The third kappa shape index (κ3) is 1.93. The fraction of sp³-hybridized carbons (Fsp3) is 0.400. The fourth-order valence-electron chi connectivity index (χ4n) is 3.02. The van der Waals surface area contributed by atoms with E-state index in [-0.39, 0.29) is 0 Å². The quantitative estimate of drug-likeness (QED) is 0.851. The molecule has 2 aromatic rings. The van der Waals surface area contributed by atoms with Crippen molar-refractivity contribution in [1.82, 2.24) is 10.3 Å². The minimum atomic E-state index is 0.635. The molecule has 1 aromatic heterocycles. The Kier molecular flexibility index (Phi) is 2.81. The highest BCUT2D eigenvalue weighted by molar-refractivity contribution is 5.79. The molecule has 0 amide bonds. The topological polar surface area (TPSA) is 24.9 Å². The lowest BCUT2D eigenvalue weighted by Crippen LogP contribution is -2.27. The zero-order valence-electron chi connectivity index (χ0n) is 10.2. The Morgan fingerprint density at radius 3 is 3.06 bits per heavy atom. The number of likely N-dealkylation sites (N-methyl/N-ethyl adjacent to an activating group) is 1. The Labute approximate surface area is 102 Å². The second kappa shape index (κ2) is 4.46. The molecule has 1 aliphatic carbocycles. The minimum absolute atomic E-state index is 0.635. The van der Waals surface area contributed by atoms with Crippen LogP contribution in [0.4, 0.5) is 0 Å². The van der Waals surface area contributed by atoms with Crippen molar-refractivity contribution in [1.29, 1.82) is 0 Å². The first-order valence-electron chi connectivity index (χ1n) is 6.40. The maximum absolute atomic E-state index is 4.44. The first-order chi connectivity index (χ1) is 8.38. The molecular formula is C15H18N2. The van der Waals surface area contributed by atoms with Crippen molar-refractivity contribution in [2.75, 3.05) is 7.05 Å². The molecule has 1 heterocycles. The number of pyridine rings is 1. The molecule has 1 N–H and O–H groups in total. The lowest BCUT2D eigenvalue weighted by Gasteiger charge is -2.19. The molecule has 88 valence electrons. The van der Waals surface area contributed by atoms with Gasteiger partial charge in [0.1, 0.15) is 0 Å². The first-order valence-corrected chi connectivity index (χ1v) is 6.40. The molecule has 2 nitrogen and oxygen atoms in total. The van der Waals surface area contributed by atoms with E-state index in [9.17, 15) is 0 Å². The molecule has 0 radical (unpaired) electrons. The van der Waals surface area contributed by atoms with E-state index in [1.54, 1.807) is 0 Å². The lowest BCUT2D eigenvalue weighted by atomic mass is 9.93. The second-order valence-corrected chi connectivity index (χ2v) is 4.89. The Bertz CT molecular complexity index is 521. The highest BCUT2D eigenvalue weighted by Gasteiger charge is 2.27. The molecule has 2 atom stereocenters. The van der Waals surface area contributed by atoms with Crippen LogP contribution in [0.1, 0.15) is 30.7 Å². The molecule has 0 aliphatic heterocycles. The van der Waals surface area contributed by atoms with Gasteiger partial charge in [0.15, 0.2) is 0 Å². The van der Waals surface area contributed by atoms with Gasteiger partial charge >= 0.3 is 0 Å². The van der Waals surface area contributed by atoms with Gasteiger partial charge in [0.25, 0.3) is 0 Å². The van der Waals surface area contributed by atoms with Crippen LogP contribution in [0.15, 0.2) is 36.5 Å². The van der Waals surface area contributed by atoms with Crippen LogP contribution >= 0.6 is 0 Å². The average molecular weight is 226 g/mol. The van der Waals surface area contributed by atoms with Crippen molar-refractivity contribution in [3.63, 3.8) is 0 Å². The van der Waals surface area contributed by atoms with Gasteiger partial charge in [-0.05, 0) is 43.5 Å². The summed E-state index contributed by atoms with van der Waals surface area (Å²) >= 11 is 0. The molecule has 2 unspecified atom stereocenters. The van der Waals surface area contributed by atoms with Gasteiger partial charge in [0.05, 0.1) is 5.52 Å². The molecule has 1 fully saturated rings. The normalized spacial score (nSPS) is 24.3. The number of fused-ring (bicyclic) bond motifs is 1. The van der Waals surface area contributed by atoms with Crippen molar-refractivity contribution in [2.45, 2.75) is 31.2 Å². The van der Waals surface area contributed by atoms with E-state index in [0.717, 1.165) is 5.52 Å². The Morgan fingerprint density at radius 2 is 2.18 bits per heavy atom. The number of nitrogens with one attached hydrogen (secondary N) is 1. The van der Waals surface area contributed by atoms with Gasteiger partial charge in [0.2, 0.25) is 0 Å². The van der Waals surface area contributed by atoms with Crippen molar-refractivity contribution >= 4 is 10.9 Å². The van der Waals surface area contributed by atoms with Crippen LogP contribution in [0.2, 0.25) is 0 Å². The van der Waals surface area contributed by atoms with Crippen LogP contribution < -0.4 is 5.32 Å². The number of rotatable bonds is 2. The van der Waals surface area contributed by atoms with E-state index in [1.807, 2.05) is 12.3 Å². The number of hydrogen-bond acceptors (Lipinski definition) is 2. The standard InChI is InChI=1S/C15H18N2/c1-16-14-6-2-5-13(14)12-8-7-11-4-3-9-17-15(11)10-12/h3-4,7-10,13-14,16H,2,5-6H2,1H3. The van der Waals surface area contributed by atoms with Crippen molar-refractivity contribution < 1.29 is 0 Å². The van der Waals surface area contributed by atoms with Crippen LogP contribution in [0.5, 0.6) is 0 Å². The van der Waals surface area contributed by atoms with Crippen molar-refractivity contribution in [3.05, 3.63) is 42.1 Å². The highest BCUT2D eigenvalue weighted by Crippen LogP contribution is 2.35. The van der Waals surface area contributed by atoms with E-state index in [1.165, 1.54) is 30.2 Å². The predicted molar refractivity (Wildman–Crippen MR) is 71.2 cm³/mol. The average Bonchev–Trinajstić information content (AvgIpc) is 2.86. The van der Waals surface area contributed by atoms with E-state index in [4.69, 9.17) is 0 Å². The van der Waals surface area contributed by atoms with Crippen LogP contribution in [-0.2, 0) is 0 Å². The largest absolute Gasteiger partial charge is 0.316 e. The summed E-state index contributed by atoms with van der Waals surface area (Å²) in [6, 6.07) is 11.5. The summed E-state index contributed by atoms with van der Waals surface area (Å²) in [5, 5.41) is 4.67. The van der Waals surface area contributed by atoms with Gasteiger partial charge in [-0.3, -0.25) is 4.98 Å². The summed E-state index contributed by atoms with van der Waals surface area (Å²) in [4.78, 5) is 4.44. The Hall–Kier alpha value is -1.41. The molecule has 0 bridgehead atoms. The minimum Gasteiger partial charge on any atom is -0.316 e. The summed E-state index contributed by atoms with van der Waals surface area (Å²) in [5.41, 5.74) is 2.56. The van der Waals surface area contributed by atoms with E-state index >= 15 is 0 Å². The summed E-state index contributed by atoms with van der Waals surface area (Å²) in [6.07, 6.45) is 5.79. The molecule has 3 rings (SSSR count). The van der Waals surface area contributed by atoms with Gasteiger partial charge < -0.3 is 5.32 Å². The molecule has 1 aromatic carbocycles. The van der Waals surface area contributed by atoms with Gasteiger partial charge in [-0.1, -0.05) is 24.6 Å². The fourth-order valence-corrected chi connectivity index (χ4v) is 3.02. The first kappa shape index (κ1) is 10.7. The molecule has 1 aliphatic rings. The zero-order valence-corrected chi connectivity index (χ0v) is 10.2. The molecule has 0 saturated heterocycles. The predicted octanol–water partition coefficient (Wildman–Crippen LogP) is 3.09. The van der Waals surface area contributed by atoms with Crippen LogP contribution in [0.3, 0.4) is 0 Å². The Balaban J connectivity index is 2.00. The second-order valence-electron chi connectivity index (χ2n) is 4.89. The summed E-state index contributed by atoms with van der Waals surface area (Å²) in [5.74, 6) is 0.659. The molecule has 1 saturated carbocycles. The zero-order chi connectivity index (χ0) is 11.7. The monoisotopic (exact) mass is 226 g/mol. The van der Waals surface area contributed by atoms with Crippen LogP contribution in [0.25, 0.3) is 10.9 Å². The Morgan fingerprint density at radius 1 is 1.24 bits per heavy atom. The van der Waals surface area contributed by atoms with Crippen molar-refractivity contribution in [2.24, 2.45) is 0 Å².